The summed E-state index contributed by atoms with van der Waals surface area (Å²) < 4.78 is 0. The highest BCUT2D eigenvalue weighted by molar-refractivity contribution is 5.09. The van der Waals surface area contributed by atoms with Crippen molar-refractivity contribution in [3.63, 3.8) is 0 Å². The van der Waals surface area contributed by atoms with Gasteiger partial charge in [-0.2, -0.15) is 5.53 Å². The van der Waals surface area contributed by atoms with Crippen LogP contribution in [0.15, 0.2) is 24.4 Å². The third-order valence-electron chi connectivity index (χ3n) is 1.69. The quantitative estimate of drug-likeness (QED) is 0.516. The van der Waals surface area contributed by atoms with Crippen LogP contribution in [0.4, 0.5) is 0 Å². The van der Waals surface area contributed by atoms with E-state index in [-0.39, 0.29) is 6.04 Å². The molecule has 1 saturated heterocycles. The molecule has 3 N–H and O–H groups in total. The van der Waals surface area contributed by atoms with Crippen molar-refractivity contribution < 1.29 is 0 Å². The van der Waals surface area contributed by atoms with Crippen molar-refractivity contribution in [3.05, 3.63) is 30.1 Å². The van der Waals surface area contributed by atoms with E-state index in [1.165, 1.54) is 0 Å². The van der Waals surface area contributed by atoms with Crippen LogP contribution in [0.3, 0.4) is 0 Å². The second-order valence-electron chi connectivity index (χ2n) is 2.46. The predicted molar refractivity (Wildman–Crippen MR) is 41.3 cm³/mol. The van der Waals surface area contributed by atoms with Gasteiger partial charge in [0.25, 0.3) is 0 Å². The summed E-state index contributed by atoms with van der Waals surface area (Å²) in [6.07, 6.45) is 1.80. The summed E-state index contributed by atoms with van der Waals surface area (Å²) in [6, 6.07) is 6.20. The van der Waals surface area contributed by atoms with E-state index in [9.17, 15) is 0 Å². The third-order valence-corrected chi connectivity index (χ3v) is 1.69. The van der Waals surface area contributed by atoms with Gasteiger partial charge < -0.3 is 0 Å². The van der Waals surface area contributed by atoms with Crippen molar-refractivity contribution in [2.45, 2.75) is 6.04 Å². The van der Waals surface area contributed by atoms with Gasteiger partial charge in [-0.25, -0.2) is 10.9 Å². The Bertz CT molecular complexity index is 217. The Labute approximate surface area is 65.0 Å². The Kier molecular flexibility index (Phi) is 1.81. The molecule has 0 aromatic carbocycles. The lowest BCUT2D eigenvalue weighted by Crippen LogP contribution is -2.30. The van der Waals surface area contributed by atoms with Crippen molar-refractivity contribution >= 4 is 0 Å². The first-order chi connectivity index (χ1) is 5.47. The molecule has 1 atom stereocenters. The molecule has 0 bridgehead atoms. The monoisotopic (exact) mass is 150 g/mol. The van der Waals surface area contributed by atoms with Crippen molar-refractivity contribution in [1.29, 1.82) is 0 Å². The van der Waals surface area contributed by atoms with Gasteiger partial charge in [0.1, 0.15) is 0 Å². The molecule has 11 heavy (non-hydrogen) atoms. The molecule has 1 aromatic heterocycles. The summed E-state index contributed by atoms with van der Waals surface area (Å²) in [5.41, 5.74) is 9.91. The molecule has 0 amide bonds. The average molecular weight is 150 g/mol. The van der Waals surface area contributed by atoms with Gasteiger partial charge in [-0.3, -0.25) is 4.98 Å². The first-order valence-electron chi connectivity index (χ1n) is 3.61. The smallest absolute Gasteiger partial charge is 0.0786 e. The molecule has 0 radical (unpaired) electrons. The van der Waals surface area contributed by atoms with Crippen molar-refractivity contribution in [2.75, 3.05) is 6.54 Å². The summed E-state index contributed by atoms with van der Waals surface area (Å²) in [5.74, 6) is 0. The van der Waals surface area contributed by atoms with Crippen LogP contribution >= 0.6 is 0 Å². The lowest BCUT2D eigenvalue weighted by molar-refractivity contribution is 0.549. The van der Waals surface area contributed by atoms with Gasteiger partial charge in [-0.15, -0.1) is 0 Å². The number of hydrazine groups is 2. The molecule has 1 aliphatic rings. The van der Waals surface area contributed by atoms with Crippen LogP contribution in [-0.4, -0.2) is 11.5 Å². The normalized spacial score (nSPS) is 23.8. The van der Waals surface area contributed by atoms with Gasteiger partial charge in [-0.1, -0.05) is 6.07 Å². The minimum Gasteiger partial charge on any atom is -0.260 e. The van der Waals surface area contributed by atoms with E-state index in [2.05, 4.69) is 21.4 Å². The van der Waals surface area contributed by atoms with Crippen molar-refractivity contribution in [1.82, 2.24) is 21.4 Å². The fraction of sp³-hybridized carbons (Fsp3) is 0.286. The first kappa shape index (κ1) is 6.72. The SMILES string of the molecule is c1ccc(C2CNNN2)nc1. The minimum absolute atomic E-state index is 0.288. The van der Waals surface area contributed by atoms with Crippen LogP contribution in [0.1, 0.15) is 11.7 Å². The van der Waals surface area contributed by atoms with Crippen LogP contribution in [0.5, 0.6) is 0 Å². The van der Waals surface area contributed by atoms with Crippen molar-refractivity contribution in [3.8, 4) is 0 Å². The highest BCUT2D eigenvalue weighted by atomic mass is 15.6. The Morgan fingerprint density at radius 1 is 1.45 bits per heavy atom. The Morgan fingerprint density at radius 3 is 3.09 bits per heavy atom. The molecule has 0 aliphatic carbocycles. The summed E-state index contributed by atoms with van der Waals surface area (Å²) in [6.45, 7) is 0.872. The van der Waals surface area contributed by atoms with E-state index in [1.54, 1.807) is 6.20 Å². The number of hydrogen-bond acceptors (Lipinski definition) is 4. The van der Waals surface area contributed by atoms with E-state index < -0.39 is 0 Å². The molecule has 1 aromatic rings. The highest BCUT2D eigenvalue weighted by Gasteiger charge is 2.15. The largest absolute Gasteiger partial charge is 0.260 e. The fourth-order valence-corrected chi connectivity index (χ4v) is 1.10. The van der Waals surface area contributed by atoms with Gasteiger partial charge in [-0.05, 0) is 12.1 Å². The van der Waals surface area contributed by atoms with E-state index >= 15 is 0 Å². The molecular formula is C7H10N4. The third kappa shape index (κ3) is 1.37. The topological polar surface area (TPSA) is 49.0 Å². The average Bonchev–Trinajstić information content (AvgIpc) is 2.58. The number of aromatic nitrogens is 1. The van der Waals surface area contributed by atoms with Gasteiger partial charge in [0.2, 0.25) is 0 Å². The summed E-state index contributed by atoms with van der Waals surface area (Å²) in [4.78, 5) is 4.22. The summed E-state index contributed by atoms with van der Waals surface area (Å²) in [5, 5.41) is 0. The Hall–Kier alpha value is -0.970. The minimum atomic E-state index is 0.288. The van der Waals surface area contributed by atoms with Crippen LogP contribution < -0.4 is 16.4 Å². The number of nitrogens with zero attached hydrogens (tertiary/aromatic N) is 1. The molecule has 4 nitrogen and oxygen atoms in total. The molecule has 2 rings (SSSR count). The Balaban J connectivity index is 2.16. The maximum atomic E-state index is 4.22. The summed E-state index contributed by atoms with van der Waals surface area (Å²) >= 11 is 0. The van der Waals surface area contributed by atoms with Crippen LogP contribution in [-0.2, 0) is 0 Å². The zero-order chi connectivity index (χ0) is 7.52. The molecule has 58 valence electrons. The van der Waals surface area contributed by atoms with Crippen LogP contribution in [0.25, 0.3) is 0 Å². The second kappa shape index (κ2) is 2.96. The molecular weight excluding hydrogens is 140 g/mol. The van der Waals surface area contributed by atoms with E-state index in [4.69, 9.17) is 0 Å². The number of pyridine rings is 1. The van der Waals surface area contributed by atoms with E-state index in [0.29, 0.717) is 0 Å². The van der Waals surface area contributed by atoms with Gasteiger partial charge in [0, 0.05) is 12.7 Å². The van der Waals surface area contributed by atoms with Gasteiger partial charge in [0.15, 0.2) is 0 Å². The lowest BCUT2D eigenvalue weighted by atomic mass is 10.2. The maximum Gasteiger partial charge on any atom is 0.0786 e. The predicted octanol–water partition coefficient (Wildman–Crippen LogP) is -0.265. The Morgan fingerprint density at radius 2 is 2.45 bits per heavy atom. The molecule has 0 spiro atoms. The summed E-state index contributed by atoms with van der Waals surface area (Å²) in [7, 11) is 0. The maximum absolute atomic E-state index is 4.22. The van der Waals surface area contributed by atoms with Gasteiger partial charge >= 0.3 is 0 Å². The molecule has 4 heteroatoms. The van der Waals surface area contributed by atoms with E-state index in [0.717, 1.165) is 12.2 Å². The zero-order valence-electron chi connectivity index (χ0n) is 6.04. The number of nitrogens with one attached hydrogen (secondary N) is 3. The number of hydrogen-bond donors (Lipinski definition) is 3. The highest BCUT2D eigenvalue weighted by Crippen LogP contribution is 2.08. The van der Waals surface area contributed by atoms with Crippen molar-refractivity contribution in [2.24, 2.45) is 0 Å². The first-order valence-corrected chi connectivity index (χ1v) is 3.61. The zero-order valence-corrected chi connectivity index (χ0v) is 6.04. The van der Waals surface area contributed by atoms with E-state index in [1.807, 2.05) is 18.2 Å². The molecule has 1 unspecified atom stereocenters. The molecule has 1 aliphatic heterocycles. The second-order valence-corrected chi connectivity index (χ2v) is 2.46. The lowest BCUT2D eigenvalue weighted by Gasteiger charge is -2.05. The fourth-order valence-electron chi connectivity index (χ4n) is 1.10. The molecule has 0 saturated carbocycles. The van der Waals surface area contributed by atoms with Crippen LogP contribution in [0.2, 0.25) is 0 Å². The standard InChI is InChI=1S/C7H10N4/c1-2-4-8-6(3-1)7-5-9-11-10-7/h1-4,7,9-11H,5H2. The number of rotatable bonds is 1. The molecule has 2 heterocycles. The van der Waals surface area contributed by atoms with Crippen LogP contribution in [0, 0.1) is 0 Å². The molecule has 1 fully saturated rings. The van der Waals surface area contributed by atoms with Gasteiger partial charge in [0.05, 0.1) is 11.7 Å².